The summed E-state index contributed by atoms with van der Waals surface area (Å²) in [6.45, 7) is 2.93. The molecule has 23 heavy (non-hydrogen) atoms. The second kappa shape index (κ2) is 6.86. The highest BCUT2D eigenvalue weighted by Gasteiger charge is 2.28. The fourth-order valence-corrected chi connectivity index (χ4v) is 3.13. The molecule has 1 fully saturated rings. The standard InChI is InChI=1S/C18H22N2O3/c1-3-14-8-4-5-10-20(14)18(21)16-12-17(23-19-16)13-7-6-9-15(11-13)22-2/h6-7,9,11-12,14H,3-5,8,10H2,1-2H3/t14-/m1/s1. The zero-order valence-electron chi connectivity index (χ0n) is 13.6. The van der Waals surface area contributed by atoms with Crippen molar-refractivity contribution in [2.24, 2.45) is 0 Å². The van der Waals surface area contributed by atoms with Gasteiger partial charge in [0, 0.05) is 24.2 Å². The molecule has 1 aliphatic heterocycles. The smallest absolute Gasteiger partial charge is 0.276 e. The number of methoxy groups -OCH3 is 1. The van der Waals surface area contributed by atoms with E-state index in [0.29, 0.717) is 17.5 Å². The van der Waals surface area contributed by atoms with Crippen molar-refractivity contribution in [2.45, 2.75) is 38.6 Å². The Morgan fingerprint density at radius 2 is 2.26 bits per heavy atom. The second-order valence-corrected chi connectivity index (χ2v) is 5.86. The number of likely N-dealkylation sites (tertiary alicyclic amines) is 1. The first-order valence-electron chi connectivity index (χ1n) is 8.15. The van der Waals surface area contributed by atoms with E-state index in [2.05, 4.69) is 12.1 Å². The first kappa shape index (κ1) is 15.6. The third-order valence-electron chi connectivity index (χ3n) is 4.44. The normalized spacial score (nSPS) is 18.0. The Hall–Kier alpha value is -2.30. The van der Waals surface area contributed by atoms with Crippen LogP contribution >= 0.6 is 0 Å². The number of aromatic nitrogens is 1. The summed E-state index contributed by atoms with van der Waals surface area (Å²) in [6.07, 6.45) is 4.30. The average molecular weight is 314 g/mol. The SMILES string of the molecule is CC[C@@H]1CCCCN1C(=O)c1cc(-c2cccc(OC)c2)on1. The Kier molecular flexibility index (Phi) is 4.65. The summed E-state index contributed by atoms with van der Waals surface area (Å²) >= 11 is 0. The molecule has 0 N–H and O–H groups in total. The van der Waals surface area contributed by atoms with E-state index in [9.17, 15) is 4.79 Å². The van der Waals surface area contributed by atoms with Crippen molar-refractivity contribution in [1.82, 2.24) is 10.1 Å². The van der Waals surface area contributed by atoms with Crippen molar-refractivity contribution in [3.8, 4) is 17.1 Å². The van der Waals surface area contributed by atoms with Gasteiger partial charge in [0.25, 0.3) is 5.91 Å². The van der Waals surface area contributed by atoms with Crippen LogP contribution in [0.15, 0.2) is 34.9 Å². The lowest BCUT2D eigenvalue weighted by molar-refractivity contribution is 0.0597. The van der Waals surface area contributed by atoms with Gasteiger partial charge in [0.1, 0.15) is 5.75 Å². The number of carbonyl (C=O) groups excluding carboxylic acids is 1. The first-order valence-corrected chi connectivity index (χ1v) is 8.15. The number of hydrogen-bond acceptors (Lipinski definition) is 4. The molecule has 1 aromatic heterocycles. The van der Waals surface area contributed by atoms with E-state index in [1.165, 1.54) is 6.42 Å². The topological polar surface area (TPSA) is 55.6 Å². The summed E-state index contributed by atoms with van der Waals surface area (Å²) in [7, 11) is 1.62. The second-order valence-electron chi connectivity index (χ2n) is 5.86. The summed E-state index contributed by atoms with van der Waals surface area (Å²) in [6, 6.07) is 9.56. The number of carbonyl (C=O) groups is 1. The zero-order chi connectivity index (χ0) is 16.2. The highest BCUT2D eigenvalue weighted by Crippen LogP contribution is 2.26. The van der Waals surface area contributed by atoms with Gasteiger partial charge in [-0.3, -0.25) is 4.79 Å². The summed E-state index contributed by atoms with van der Waals surface area (Å²) < 4.78 is 10.6. The molecule has 5 heteroatoms. The minimum Gasteiger partial charge on any atom is -0.497 e. The van der Waals surface area contributed by atoms with Gasteiger partial charge in [-0.25, -0.2) is 0 Å². The third-order valence-corrected chi connectivity index (χ3v) is 4.44. The van der Waals surface area contributed by atoms with Crippen LogP contribution in [0.2, 0.25) is 0 Å². The molecule has 0 unspecified atom stereocenters. The maximum atomic E-state index is 12.7. The van der Waals surface area contributed by atoms with Gasteiger partial charge in [-0.1, -0.05) is 24.2 Å². The van der Waals surface area contributed by atoms with E-state index in [0.717, 1.165) is 37.1 Å². The third kappa shape index (κ3) is 3.23. The van der Waals surface area contributed by atoms with Crippen molar-refractivity contribution in [3.05, 3.63) is 36.0 Å². The van der Waals surface area contributed by atoms with Crippen molar-refractivity contribution < 1.29 is 14.1 Å². The number of piperidine rings is 1. The molecule has 122 valence electrons. The average Bonchev–Trinajstić information content (AvgIpc) is 3.11. The molecule has 0 saturated carbocycles. The molecule has 1 aliphatic rings. The van der Waals surface area contributed by atoms with Gasteiger partial charge in [0.05, 0.1) is 7.11 Å². The lowest BCUT2D eigenvalue weighted by Crippen LogP contribution is -2.43. The Bertz CT molecular complexity index is 680. The molecular formula is C18H22N2O3. The Morgan fingerprint density at radius 3 is 3.04 bits per heavy atom. The van der Waals surface area contributed by atoms with Gasteiger partial charge in [0.15, 0.2) is 11.5 Å². The van der Waals surface area contributed by atoms with E-state index in [1.54, 1.807) is 13.2 Å². The highest BCUT2D eigenvalue weighted by molar-refractivity contribution is 5.93. The summed E-state index contributed by atoms with van der Waals surface area (Å²) in [4.78, 5) is 14.7. The molecule has 0 aliphatic carbocycles. The van der Waals surface area contributed by atoms with Crippen LogP contribution in [0.5, 0.6) is 5.75 Å². The number of ether oxygens (including phenoxy) is 1. The molecule has 1 saturated heterocycles. The monoisotopic (exact) mass is 314 g/mol. The van der Waals surface area contributed by atoms with Crippen LogP contribution in [-0.4, -0.2) is 35.7 Å². The van der Waals surface area contributed by atoms with Crippen LogP contribution in [0.4, 0.5) is 0 Å². The molecule has 1 aromatic carbocycles. The minimum absolute atomic E-state index is 0.0329. The molecule has 1 amide bonds. The van der Waals surface area contributed by atoms with Gasteiger partial charge in [0.2, 0.25) is 0 Å². The Morgan fingerprint density at radius 1 is 1.39 bits per heavy atom. The van der Waals surface area contributed by atoms with Crippen LogP contribution in [-0.2, 0) is 0 Å². The zero-order valence-corrected chi connectivity index (χ0v) is 13.6. The molecule has 2 aromatic rings. The van der Waals surface area contributed by atoms with E-state index in [4.69, 9.17) is 9.26 Å². The molecule has 3 rings (SSSR count). The predicted molar refractivity (Wildman–Crippen MR) is 87.5 cm³/mol. The largest absolute Gasteiger partial charge is 0.497 e. The van der Waals surface area contributed by atoms with Crippen molar-refractivity contribution in [1.29, 1.82) is 0 Å². The van der Waals surface area contributed by atoms with Crippen LogP contribution in [0.3, 0.4) is 0 Å². The van der Waals surface area contributed by atoms with E-state index in [-0.39, 0.29) is 5.91 Å². The number of nitrogens with zero attached hydrogens (tertiary/aromatic N) is 2. The minimum atomic E-state index is -0.0329. The Balaban J connectivity index is 1.81. The maximum Gasteiger partial charge on any atom is 0.276 e. The van der Waals surface area contributed by atoms with Crippen molar-refractivity contribution in [2.75, 3.05) is 13.7 Å². The van der Waals surface area contributed by atoms with E-state index >= 15 is 0 Å². The molecule has 1 atom stereocenters. The molecule has 0 radical (unpaired) electrons. The van der Waals surface area contributed by atoms with Gasteiger partial charge < -0.3 is 14.2 Å². The number of hydrogen-bond donors (Lipinski definition) is 0. The summed E-state index contributed by atoms with van der Waals surface area (Å²) in [5, 5.41) is 3.98. The molecule has 2 heterocycles. The summed E-state index contributed by atoms with van der Waals surface area (Å²) in [5.74, 6) is 1.29. The van der Waals surface area contributed by atoms with E-state index in [1.807, 2.05) is 29.2 Å². The highest BCUT2D eigenvalue weighted by atomic mass is 16.5. The first-order chi connectivity index (χ1) is 11.2. The van der Waals surface area contributed by atoms with Crippen molar-refractivity contribution in [3.63, 3.8) is 0 Å². The van der Waals surface area contributed by atoms with Crippen LogP contribution < -0.4 is 4.74 Å². The van der Waals surface area contributed by atoms with Crippen LogP contribution in [0, 0.1) is 0 Å². The quantitative estimate of drug-likeness (QED) is 0.862. The molecule has 0 bridgehead atoms. The lowest BCUT2D eigenvalue weighted by atomic mass is 9.99. The fourth-order valence-electron chi connectivity index (χ4n) is 3.13. The maximum absolute atomic E-state index is 12.7. The predicted octanol–water partition coefficient (Wildman–Crippen LogP) is 3.75. The molecular weight excluding hydrogens is 292 g/mol. The van der Waals surface area contributed by atoms with Crippen LogP contribution in [0.1, 0.15) is 43.1 Å². The number of amides is 1. The van der Waals surface area contributed by atoms with E-state index < -0.39 is 0 Å². The van der Waals surface area contributed by atoms with Crippen LogP contribution in [0.25, 0.3) is 11.3 Å². The van der Waals surface area contributed by atoms with Crippen molar-refractivity contribution >= 4 is 5.91 Å². The fraction of sp³-hybridized carbons (Fsp3) is 0.444. The number of benzene rings is 1. The molecule has 0 spiro atoms. The Labute approximate surface area is 136 Å². The molecule has 5 nitrogen and oxygen atoms in total. The summed E-state index contributed by atoms with van der Waals surface area (Å²) in [5.41, 5.74) is 1.23. The lowest BCUT2D eigenvalue weighted by Gasteiger charge is -2.34. The number of rotatable bonds is 4. The van der Waals surface area contributed by atoms with Gasteiger partial charge in [-0.2, -0.15) is 0 Å². The van der Waals surface area contributed by atoms with Gasteiger partial charge in [-0.15, -0.1) is 0 Å². The van der Waals surface area contributed by atoms with Gasteiger partial charge in [-0.05, 0) is 37.8 Å². The van der Waals surface area contributed by atoms with Gasteiger partial charge >= 0.3 is 0 Å².